The molecular weight excluding hydrogens is 516 g/mol. The summed E-state index contributed by atoms with van der Waals surface area (Å²) in [5.41, 5.74) is 4.00. The molecule has 0 spiro atoms. The monoisotopic (exact) mass is 540 g/mol. The van der Waals surface area contributed by atoms with Crippen molar-refractivity contribution >= 4 is 51.1 Å². The van der Waals surface area contributed by atoms with Crippen LogP contribution in [0.2, 0.25) is 5.02 Å². The first-order valence-electron chi connectivity index (χ1n) is 13.1. The Hall–Kier alpha value is -4.02. The Kier molecular flexibility index (Phi) is 5.14. The summed E-state index contributed by atoms with van der Waals surface area (Å²) >= 11 is 6.61. The molecule has 3 fully saturated rings. The predicted molar refractivity (Wildman–Crippen MR) is 148 cm³/mol. The Morgan fingerprint density at radius 1 is 0.974 bits per heavy atom. The first kappa shape index (κ1) is 22.9. The van der Waals surface area contributed by atoms with Crippen LogP contribution in [0.4, 0.5) is 17.5 Å². The minimum atomic E-state index is 0.389. The molecule has 3 saturated heterocycles. The van der Waals surface area contributed by atoms with Gasteiger partial charge in [0.15, 0.2) is 5.82 Å². The number of fused-ring (bicyclic) bond motifs is 7. The fraction of sp³-hybridized carbons (Fsp3) is 0.321. The molecule has 5 aromatic rings. The van der Waals surface area contributed by atoms with Crippen molar-refractivity contribution in [3.8, 4) is 11.5 Å². The number of aryl methyl sites for hydroxylation is 1. The van der Waals surface area contributed by atoms with Gasteiger partial charge in [-0.1, -0.05) is 11.6 Å². The highest BCUT2D eigenvalue weighted by atomic mass is 35.5. The summed E-state index contributed by atoms with van der Waals surface area (Å²) in [5.74, 6) is 3.66. The van der Waals surface area contributed by atoms with E-state index in [2.05, 4.69) is 30.2 Å². The second kappa shape index (κ2) is 8.75. The van der Waals surface area contributed by atoms with Crippen LogP contribution in [0.5, 0.6) is 11.5 Å². The van der Waals surface area contributed by atoms with E-state index in [1.165, 1.54) is 19.2 Å². The molecule has 39 heavy (non-hydrogen) atoms. The number of aromatic nitrogens is 6. The molecule has 1 N–H and O–H groups in total. The molecule has 3 aliphatic heterocycles. The minimum Gasteiger partial charge on any atom is -0.456 e. The Bertz CT molecular complexity index is 1720. The highest BCUT2D eigenvalue weighted by molar-refractivity contribution is 6.32. The number of halogens is 1. The molecule has 0 amide bonds. The maximum absolute atomic E-state index is 6.61. The zero-order valence-electron chi connectivity index (χ0n) is 21.2. The lowest BCUT2D eigenvalue weighted by atomic mass is 9.82. The van der Waals surface area contributed by atoms with Crippen LogP contribution in [0, 0.1) is 11.8 Å². The molecule has 6 heterocycles. The SMILES string of the molecule is Cn1cnc2cc(Oc3ccc(Nc4ncnc5cnc(N6CC7C8CCC(O8)C7C6)nc45)cc3Cl)ccc21. The van der Waals surface area contributed by atoms with Gasteiger partial charge in [0.2, 0.25) is 5.95 Å². The third-order valence-corrected chi connectivity index (χ3v) is 8.51. The van der Waals surface area contributed by atoms with E-state index in [9.17, 15) is 0 Å². The second-order valence-corrected chi connectivity index (χ2v) is 10.9. The zero-order chi connectivity index (χ0) is 26.1. The summed E-state index contributed by atoms with van der Waals surface area (Å²) in [7, 11) is 1.96. The molecule has 2 aromatic carbocycles. The van der Waals surface area contributed by atoms with Crippen molar-refractivity contribution in [3.63, 3.8) is 0 Å². The predicted octanol–water partition coefficient (Wildman–Crippen LogP) is 5.11. The van der Waals surface area contributed by atoms with Crippen LogP contribution in [0.25, 0.3) is 22.1 Å². The van der Waals surface area contributed by atoms with Crippen molar-refractivity contribution in [1.82, 2.24) is 29.5 Å². The van der Waals surface area contributed by atoms with E-state index >= 15 is 0 Å². The van der Waals surface area contributed by atoms with E-state index < -0.39 is 0 Å². The van der Waals surface area contributed by atoms with Gasteiger partial charge in [-0.05, 0) is 43.2 Å². The molecule has 3 aromatic heterocycles. The topological polar surface area (TPSA) is 103 Å². The van der Waals surface area contributed by atoms with Crippen molar-refractivity contribution in [1.29, 1.82) is 0 Å². The number of hydrogen-bond donors (Lipinski definition) is 1. The van der Waals surface area contributed by atoms with Gasteiger partial charge in [0.25, 0.3) is 0 Å². The fourth-order valence-electron chi connectivity index (χ4n) is 6.32. The summed E-state index contributed by atoms with van der Waals surface area (Å²) in [6.45, 7) is 1.86. The molecule has 11 heteroatoms. The second-order valence-electron chi connectivity index (χ2n) is 10.5. The highest BCUT2D eigenvalue weighted by Gasteiger charge is 2.53. The van der Waals surface area contributed by atoms with Gasteiger partial charge in [-0.25, -0.2) is 24.9 Å². The van der Waals surface area contributed by atoms with E-state index in [-0.39, 0.29) is 0 Å². The summed E-state index contributed by atoms with van der Waals surface area (Å²) in [6, 6.07) is 11.3. The summed E-state index contributed by atoms with van der Waals surface area (Å²) in [5, 5.41) is 3.82. The molecular formula is C28H25ClN8O2. The standard InChI is InChI=1S/C28H25ClN8O2/c1-36-14-33-20-9-16(3-4-22(20)36)38-25-5-2-15(8-19(25)29)34-27-26-21(31-13-32-27)10-30-28(35-26)37-11-17-18(12-37)24-7-6-23(17)39-24/h2-5,8-10,13-14,17-18,23-24H,6-7,11-12H2,1H3,(H,31,32,34). The van der Waals surface area contributed by atoms with Gasteiger partial charge in [0.05, 0.1) is 40.8 Å². The van der Waals surface area contributed by atoms with Gasteiger partial charge in [0, 0.05) is 43.7 Å². The number of nitrogens with one attached hydrogen (secondary N) is 1. The van der Waals surface area contributed by atoms with Crippen molar-refractivity contribution in [2.75, 3.05) is 23.3 Å². The van der Waals surface area contributed by atoms with E-state index in [4.69, 9.17) is 26.1 Å². The van der Waals surface area contributed by atoms with Gasteiger partial charge in [-0.2, -0.15) is 0 Å². The van der Waals surface area contributed by atoms with Gasteiger partial charge < -0.3 is 24.3 Å². The van der Waals surface area contributed by atoms with Crippen molar-refractivity contribution in [2.24, 2.45) is 18.9 Å². The number of anilines is 3. The molecule has 0 saturated carbocycles. The third-order valence-electron chi connectivity index (χ3n) is 8.22. The summed E-state index contributed by atoms with van der Waals surface area (Å²) < 4.78 is 14.1. The van der Waals surface area contributed by atoms with E-state index in [0.717, 1.165) is 29.8 Å². The minimum absolute atomic E-state index is 0.389. The molecule has 196 valence electrons. The van der Waals surface area contributed by atoms with Crippen molar-refractivity contribution < 1.29 is 9.47 Å². The molecule has 2 bridgehead atoms. The maximum Gasteiger partial charge on any atom is 0.226 e. The van der Waals surface area contributed by atoms with Crippen molar-refractivity contribution in [2.45, 2.75) is 25.0 Å². The highest BCUT2D eigenvalue weighted by Crippen LogP contribution is 2.47. The fourth-order valence-corrected chi connectivity index (χ4v) is 6.54. The normalized spacial score (nSPS) is 23.6. The number of benzene rings is 2. The lowest BCUT2D eigenvalue weighted by molar-refractivity contribution is 0.0849. The van der Waals surface area contributed by atoms with Crippen LogP contribution in [-0.4, -0.2) is 54.8 Å². The first-order chi connectivity index (χ1) is 19.1. The number of rotatable bonds is 5. The lowest BCUT2D eigenvalue weighted by Gasteiger charge is -2.19. The third kappa shape index (κ3) is 3.85. The molecule has 4 atom stereocenters. The summed E-state index contributed by atoms with van der Waals surface area (Å²) in [4.78, 5) is 25.1. The zero-order valence-corrected chi connectivity index (χ0v) is 21.9. The quantitative estimate of drug-likeness (QED) is 0.325. The average Bonchev–Trinajstić information content (AvgIpc) is 3.73. The van der Waals surface area contributed by atoms with E-state index in [1.807, 2.05) is 48.0 Å². The Balaban J connectivity index is 1.04. The number of imidazole rings is 1. The average molecular weight is 541 g/mol. The molecule has 4 unspecified atom stereocenters. The number of hydrogen-bond acceptors (Lipinski definition) is 9. The van der Waals surface area contributed by atoms with Crippen LogP contribution < -0.4 is 15.0 Å². The maximum atomic E-state index is 6.61. The van der Waals surface area contributed by atoms with Crippen LogP contribution in [0.1, 0.15) is 12.8 Å². The molecule has 10 nitrogen and oxygen atoms in total. The number of nitrogens with zero attached hydrogens (tertiary/aromatic N) is 7. The van der Waals surface area contributed by atoms with Crippen LogP contribution in [0.15, 0.2) is 55.2 Å². The smallest absolute Gasteiger partial charge is 0.226 e. The Morgan fingerprint density at radius 3 is 2.64 bits per heavy atom. The van der Waals surface area contributed by atoms with E-state index in [1.54, 1.807) is 12.5 Å². The van der Waals surface area contributed by atoms with Gasteiger partial charge in [-0.15, -0.1) is 0 Å². The van der Waals surface area contributed by atoms with Gasteiger partial charge >= 0.3 is 0 Å². The van der Waals surface area contributed by atoms with E-state index in [0.29, 0.717) is 63.4 Å². The molecule has 0 radical (unpaired) electrons. The largest absolute Gasteiger partial charge is 0.456 e. The van der Waals surface area contributed by atoms with Crippen molar-refractivity contribution in [3.05, 3.63) is 60.3 Å². The molecule has 8 rings (SSSR count). The summed E-state index contributed by atoms with van der Waals surface area (Å²) in [6.07, 6.45) is 8.18. The van der Waals surface area contributed by atoms with Crippen LogP contribution >= 0.6 is 11.6 Å². The number of ether oxygens (including phenoxy) is 2. The van der Waals surface area contributed by atoms with Gasteiger partial charge in [-0.3, -0.25) is 0 Å². The van der Waals surface area contributed by atoms with Crippen LogP contribution in [-0.2, 0) is 11.8 Å². The van der Waals surface area contributed by atoms with Crippen LogP contribution in [0.3, 0.4) is 0 Å². The Morgan fingerprint density at radius 2 is 1.82 bits per heavy atom. The first-order valence-corrected chi connectivity index (χ1v) is 13.5. The lowest BCUT2D eigenvalue weighted by Crippen LogP contribution is -2.26. The molecule has 0 aliphatic carbocycles. The molecule has 3 aliphatic rings. The van der Waals surface area contributed by atoms with Gasteiger partial charge in [0.1, 0.15) is 28.9 Å². The Labute approximate surface area is 229 Å².